The van der Waals surface area contributed by atoms with Crippen LogP contribution in [-0.2, 0) is 16.0 Å². The number of carbonyl (C=O) groups is 1. The molecule has 0 saturated heterocycles. The number of nitrogens with one attached hydrogen (secondary N) is 1. The average Bonchev–Trinajstić information content (AvgIpc) is 3.06. The van der Waals surface area contributed by atoms with Crippen molar-refractivity contribution in [1.29, 1.82) is 0 Å². The summed E-state index contributed by atoms with van der Waals surface area (Å²) in [7, 11) is 0. The fourth-order valence-corrected chi connectivity index (χ4v) is 2.52. The summed E-state index contributed by atoms with van der Waals surface area (Å²) in [5.41, 5.74) is 8.45. The van der Waals surface area contributed by atoms with E-state index in [1.165, 1.54) is 5.56 Å². The van der Waals surface area contributed by atoms with Crippen molar-refractivity contribution in [3.63, 3.8) is 0 Å². The molecule has 2 unspecified atom stereocenters. The van der Waals surface area contributed by atoms with Crippen molar-refractivity contribution in [2.24, 2.45) is 10.7 Å². The van der Waals surface area contributed by atoms with Crippen molar-refractivity contribution in [3.05, 3.63) is 47.8 Å². The molecule has 0 bridgehead atoms. The summed E-state index contributed by atoms with van der Waals surface area (Å²) >= 11 is 0. The van der Waals surface area contributed by atoms with E-state index < -0.39 is 0 Å². The van der Waals surface area contributed by atoms with E-state index in [1.54, 1.807) is 12.4 Å². The molecule has 1 aliphatic heterocycles. The number of anilines is 2. The molecule has 7 heteroatoms. The molecule has 0 amide bonds. The van der Waals surface area contributed by atoms with Gasteiger partial charge in [-0.1, -0.05) is 19.1 Å². The summed E-state index contributed by atoms with van der Waals surface area (Å²) in [6, 6.07) is 8.55. The molecule has 0 fully saturated rings. The second kappa shape index (κ2) is 7.74. The maximum absolute atomic E-state index is 10.8. The fourth-order valence-electron chi connectivity index (χ4n) is 2.52. The van der Waals surface area contributed by atoms with E-state index in [0.29, 0.717) is 12.6 Å². The Bertz CT molecular complexity index is 743. The molecule has 0 aliphatic carbocycles. The maximum atomic E-state index is 10.8. The summed E-state index contributed by atoms with van der Waals surface area (Å²) < 4.78 is 5.15. The largest absolute Gasteiger partial charge is 0.463 e. The van der Waals surface area contributed by atoms with Crippen LogP contribution in [0.5, 0.6) is 0 Å². The van der Waals surface area contributed by atoms with Crippen LogP contribution in [0.1, 0.15) is 30.4 Å². The van der Waals surface area contributed by atoms with Crippen molar-refractivity contribution >= 4 is 23.9 Å². The first-order chi connectivity index (χ1) is 12.1. The molecule has 2 aromatic rings. The van der Waals surface area contributed by atoms with Gasteiger partial charge in [0.1, 0.15) is 12.9 Å². The van der Waals surface area contributed by atoms with Crippen LogP contribution in [0.2, 0.25) is 0 Å². The summed E-state index contributed by atoms with van der Waals surface area (Å²) in [6.07, 6.45) is 6.03. The highest BCUT2D eigenvalue weighted by Crippen LogP contribution is 2.17. The second-order valence-electron chi connectivity index (χ2n) is 6.06. The fraction of sp³-hybridized carbons (Fsp3) is 0.333. The van der Waals surface area contributed by atoms with E-state index >= 15 is 0 Å². The number of nitrogens with two attached hydrogens (primary N) is 1. The quantitative estimate of drug-likeness (QED) is 0.750. The van der Waals surface area contributed by atoms with Crippen LogP contribution in [0.25, 0.3) is 0 Å². The first kappa shape index (κ1) is 16.9. The van der Waals surface area contributed by atoms with Gasteiger partial charge in [0.15, 0.2) is 0 Å². The third-order valence-electron chi connectivity index (χ3n) is 4.11. The number of aryl methyl sites for hydroxylation is 1. The molecule has 3 rings (SSSR count). The van der Waals surface area contributed by atoms with Crippen LogP contribution in [0.4, 0.5) is 11.6 Å². The lowest BCUT2D eigenvalue weighted by Gasteiger charge is -2.08. The van der Waals surface area contributed by atoms with Crippen molar-refractivity contribution in [2.75, 3.05) is 11.9 Å². The van der Waals surface area contributed by atoms with Gasteiger partial charge in [-0.25, -0.2) is 15.0 Å². The number of hydrogen-bond acceptors (Lipinski definition) is 7. The Morgan fingerprint density at radius 1 is 1.32 bits per heavy atom. The SMILES string of the molecule is CC(C=O)c1cnc(Nc2ccc(CCC3COC(N)=N3)cc2)nc1. The molecule has 0 radical (unpaired) electrons. The smallest absolute Gasteiger partial charge is 0.282 e. The third kappa shape index (κ3) is 4.53. The van der Waals surface area contributed by atoms with Gasteiger partial charge in [-0.15, -0.1) is 0 Å². The van der Waals surface area contributed by atoms with Crippen molar-refractivity contribution in [1.82, 2.24) is 9.97 Å². The average molecular weight is 339 g/mol. The zero-order valence-electron chi connectivity index (χ0n) is 14.1. The number of benzene rings is 1. The highest BCUT2D eigenvalue weighted by molar-refractivity contribution is 5.73. The van der Waals surface area contributed by atoms with Gasteiger partial charge in [-0.3, -0.25) is 0 Å². The molecular formula is C18H21N5O2. The van der Waals surface area contributed by atoms with Gasteiger partial charge in [-0.2, -0.15) is 0 Å². The van der Waals surface area contributed by atoms with Crippen LogP contribution < -0.4 is 11.1 Å². The zero-order valence-corrected chi connectivity index (χ0v) is 14.1. The number of hydrogen-bond donors (Lipinski definition) is 2. The van der Waals surface area contributed by atoms with Crippen LogP contribution in [0.3, 0.4) is 0 Å². The lowest BCUT2D eigenvalue weighted by atomic mass is 10.1. The Balaban J connectivity index is 1.54. The van der Waals surface area contributed by atoms with E-state index in [0.717, 1.165) is 30.4 Å². The molecule has 3 N–H and O–H groups in total. The zero-order chi connectivity index (χ0) is 17.6. The highest BCUT2D eigenvalue weighted by atomic mass is 16.5. The van der Waals surface area contributed by atoms with E-state index in [2.05, 4.69) is 32.4 Å². The Labute approximate surface area is 146 Å². The number of aldehydes is 1. The monoisotopic (exact) mass is 339 g/mol. The van der Waals surface area contributed by atoms with Crippen LogP contribution in [-0.4, -0.2) is 34.9 Å². The topological polar surface area (TPSA) is 102 Å². The number of amidine groups is 1. The molecule has 130 valence electrons. The Morgan fingerprint density at radius 3 is 2.64 bits per heavy atom. The van der Waals surface area contributed by atoms with E-state index in [4.69, 9.17) is 10.5 Å². The van der Waals surface area contributed by atoms with Gasteiger partial charge in [0.2, 0.25) is 5.95 Å². The molecule has 1 aliphatic rings. The summed E-state index contributed by atoms with van der Waals surface area (Å²) in [5.74, 6) is 0.306. The van der Waals surface area contributed by atoms with Crippen molar-refractivity contribution in [2.45, 2.75) is 31.7 Å². The summed E-state index contributed by atoms with van der Waals surface area (Å²) in [5, 5.41) is 3.15. The number of ether oxygens (including phenoxy) is 1. The molecule has 2 atom stereocenters. The van der Waals surface area contributed by atoms with Crippen LogP contribution in [0.15, 0.2) is 41.7 Å². The van der Waals surface area contributed by atoms with Crippen LogP contribution >= 0.6 is 0 Å². The number of nitrogens with zero attached hydrogens (tertiary/aromatic N) is 3. The number of aliphatic imine (C=N–C) groups is 1. The van der Waals surface area contributed by atoms with Crippen molar-refractivity contribution < 1.29 is 9.53 Å². The number of rotatable bonds is 7. The Morgan fingerprint density at radius 2 is 2.04 bits per heavy atom. The predicted molar refractivity (Wildman–Crippen MR) is 95.9 cm³/mol. The highest BCUT2D eigenvalue weighted by Gasteiger charge is 2.16. The van der Waals surface area contributed by atoms with E-state index in [1.807, 2.05) is 19.1 Å². The van der Waals surface area contributed by atoms with E-state index in [-0.39, 0.29) is 18.0 Å². The normalized spacial score (nSPS) is 17.5. The third-order valence-corrected chi connectivity index (χ3v) is 4.11. The minimum Gasteiger partial charge on any atom is -0.463 e. The van der Waals surface area contributed by atoms with Gasteiger partial charge in [0.25, 0.3) is 6.02 Å². The standard InChI is InChI=1S/C18H21N5O2/c1-12(10-24)14-8-20-18(21-9-14)23-15-5-2-13(3-6-15)4-7-16-11-25-17(19)22-16/h2-3,5-6,8-10,12,16H,4,7,11H2,1H3,(H2,19,22)(H,20,21,23). The second-order valence-corrected chi connectivity index (χ2v) is 6.06. The van der Waals surface area contributed by atoms with Gasteiger partial charge in [0.05, 0.1) is 6.04 Å². The molecule has 1 aromatic carbocycles. The molecule has 7 nitrogen and oxygen atoms in total. The van der Waals surface area contributed by atoms with E-state index in [9.17, 15) is 4.79 Å². The lowest BCUT2D eigenvalue weighted by molar-refractivity contribution is -0.108. The Kier molecular flexibility index (Phi) is 5.23. The first-order valence-electron chi connectivity index (χ1n) is 8.23. The van der Waals surface area contributed by atoms with Gasteiger partial charge < -0.3 is 20.6 Å². The molecule has 0 saturated carbocycles. The Hall–Kier alpha value is -2.96. The molecule has 0 spiro atoms. The van der Waals surface area contributed by atoms with Crippen LogP contribution in [0, 0.1) is 0 Å². The maximum Gasteiger partial charge on any atom is 0.282 e. The van der Waals surface area contributed by atoms with Gasteiger partial charge in [0, 0.05) is 24.0 Å². The van der Waals surface area contributed by atoms with Gasteiger partial charge in [-0.05, 0) is 36.1 Å². The molecule has 2 heterocycles. The summed E-state index contributed by atoms with van der Waals surface area (Å²) in [4.78, 5) is 23.5. The molecule has 25 heavy (non-hydrogen) atoms. The van der Waals surface area contributed by atoms with Gasteiger partial charge >= 0.3 is 0 Å². The molecular weight excluding hydrogens is 318 g/mol. The predicted octanol–water partition coefficient (Wildman–Crippen LogP) is 2.17. The summed E-state index contributed by atoms with van der Waals surface area (Å²) in [6.45, 7) is 2.39. The van der Waals surface area contributed by atoms with Crippen molar-refractivity contribution in [3.8, 4) is 0 Å². The first-order valence-corrected chi connectivity index (χ1v) is 8.23. The minimum absolute atomic E-state index is 0.151. The lowest BCUT2D eigenvalue weighted by Crippen LogP contribution is -2.10. The number of carbonyl (C=O) groups excluding carboxylic acids is 1. The molecule has 1 aromatic heterocycles. The minimum atomic E-state index is -0.196. The number of aromatic nitrogens is 2.